The molecule has 0 spiro atoms. The van der Waals surface area contributed by atoms with Crippen LogP contribution in [0.2, 0.25) is 10.2 Å². The Morgan fingerprint density at radius 3 is 2.62 bits per heavy atom. The van der Waals surface area contributed by atoms with Gasteiger partial charge in [0, 0.05) is 0 Å². The maximum absolute atomic E-state index is 5.95. The smallest absolute Gasteiger partial charge is 0.238 e. The molecular weight excluding hydrogens is 249 g/mol. The van der Waals surface area contributed by atoms with Crippen molar-refractivity contribution < 1.29 is 4.74 Å². The summed E-state index contributed by atoms with van der Waals surface area (Å²) in [4.78, 5) is 7.76. The third kappa shape index (κ3) is 2.35. The Morgan fingerprint density at radius 1 is 1.12 bits per heavy atom. The lowest BCUT2D eigenvalue weighted by molar-refractivity contribution is 0.460. The molecule has 2 N–H and O–H groups in total. The maximum atomic E-state index is 5.95. The van der Waals surface area contributed by atoms with E-state index in [0.717, 1.165) is 0 Å². The van der Waals surface area contributed by atoms with E-state index in [1.54, 1.807) is 18.2 Å². The number of anilines is 1. The number of halogens is 2. The van der Waals surface area contributed by atoms with Gasteiger partial charge in [-0.3, -0.25) is 0 Å². The highest BCUT2D eigenvalue weighted by Gasteiger charge is 2.06. The Balaban J connectivity index is 2.27. The van der Waals surface area contributed by atoms with Crippen LogP contribution in [0.3, 0.4) is 0 Å². The third-order valence-corrected chi connectivity index (χ3v) is 2.40. The van der Waals surface area contributed by atoms with Gasteiger partial charge in [0.05, 0.1) is 18.1 Å². The van der Waals surface area contributed by atoms with Gasteiger partial charge in [-0.1, -0.05) is 29.3 Å². The average molecular weight is 256 g/mol. The Bertz CT molecular complexity index is 502. The lowest BCUT2D eigenvalue weighted by atomic mass is 10.3. The van der Waals surface area contributed by atoms with Crippen molar-refractivity contribution in [3.8, 4) is 11.6 Å². The van der Waals surface area contributed by atoms with Gasteiger partial charge >= 0.3 is 0 Å². The van der Waals surface area contributed by atoms with Crippen molar-refractivity contribution in [3.05, 3.63) is 40.8 Å². The van der Waals surface area contributed by atoms with Crippen LogP contribution in [-0.4, -0.2) is 9.97 Å². The molecule has 4 nitrogen and oxygen atoms in total. The van der Waals surface area contributed by atoms with Gasteiger partial charge in [-0.05, 0) is 12.1 Å². The van der Waals surface area contributed by atoms with Crippen LogP contribution in [0.1, 0.15) is 0 Å². The van der Waals surface area contributed by atoms with Crippen LogP contribution in [-0.2, 0) is 0 Å². The monoisotopic (exact) mass is 255 g/mol. The summed E-state index contributed by atoms with van der Waals surface area (Å²) >= 11 is 11.5. The summed E-state index contributed by atoms with van der Waals surface area (Å²) in [6, 6.07) is 5.11. The molecule has 16 heavy (non-hydrogen) atoms. The molecule has 0 aliphatic carbocycles. The molecule has 0 aliphatic heterocycles. The number of ether oxygens (including phenoxy) is 1. The predicted octanol–water partition coefficient (Wildman–Crippen LogP) is 3.16. The Kier molecular flexibility index (Phi) is 3.12. The summed E-state index contributed by atoms with van der Waals surface area (Å²) in [5, 5.41) is 0.644. The van der Waals surface area contributed by atoms with E-state index in [1.807, 2.05) is 0 Å². The molecule has 1 heterocycles. The number of benzene rings is 1. The highest BCUT2D eigenvalue weighted by atomic mass is 35.5. The first-order valence-corrected chi connectivity index (χ1v) is 5.12. The van der Waals surface area contributed by atoms with E-state index in [0.29, 0.717) is 27.5 Å². The summed E-state index contributed by atoms with van der Waals surface area (Å²) in [6.45, 7) is 0. The quantitative estimate of drug-likeness (QED) is 0.838. The summed E-state index contributed by atoms with van der Waals surface area (Å²) < 4.78 is 5.40. The first-order valence-electron chi connectivity index (χ1n) is 4.36. The number of nitrogens with zero attached hydrogens (tertiary/aromatic N) is 2. The summed E-state index contributed by atoms with van der Waals surface area (Å²) in [5.41, 5.74) is 6.07. The lowest BCUT2D eigenvalue weighted by Crippen LogP contribution is -1.92. The average Bonchev–Trinajstić information content (AvgIpc) is 2.28. The number of nitrogens with two attached hydrogens (primary N) is 1. The maximum Gasteiger partial charge on any atom is 0.238 e. The molecule has 82 valence electrons. The Hall–Kier alpha value is -1.52. The van der Waals surface area contributed by atoms with E-state index < -0.39 is 0 Å². The molecule has 0 atom stereocenters. The summed E-state index contributed by atoms with van der Waals surface area (Å²) in [7, 11) is 0. The lowest BCUT2D eigenvalue weighted by Gasteiger charge is -2.07. The molecule has 0 unspecified atom stereocenters. The van der Waals surface area contributed by atoms with Crippen molar-refractivity contribution in [2.24, 2.45) is 0 Å². The van der Waals surface area contributed by atoms with E-state index >= 15 is 0 Å². The molecule has 0 radical (unpaired) electrons. The SMILES string of the molecule is Nc1cccc(Oc2cnc(Cl)cn2)c1Cl. The van der Waals surface area contributed by atoms with E-state index in [4.69, 9.17) is 33.7 Å². The van der Waals surface area contributed by atoms with Crippen LogP contribution < -0.4 is 10.5 Å². The van der Waals surface area contributed by atoms with E-state index in [9.17, 15) is 0 Å². The fraction of sp³-hybridized carbons (Fsp3) is 0. The normalized spacial score (nSPS) is 10.1. The van der Waals surface area contributed by atoms with Gasteiger partial charge in [-0.25, -0.2) is 9.97 Å². The number of hydrogen-bond donors (Lipinski definition) is 1. The second-order valence-electron chi connectivity index (χ2n) is 2.94. The number of aromatic nitrogens is 2. The molecule has 0 bridgehead atoms. The highest BCUT2D eigenvalue weighted by Crippen LogP contribution is 2.32. The van der Waals surface area contributed by atoms with Crippen molar-refractivity contribution in [1.29, 1.82) is 0 Å². The van der Waals surface area contributed by atoms with Crippen LogP contribution in [0.4, 0.5) is 5.69 Å². The minimum atomic E-state index is 0.297. The van der Waals surface area contributed by atoms with Crippen molar-refractivity contribution in [2.45, 2.75) is 0 Å². The van der Waals surface area contributed by atoms with E-state index in [-0.39, 0.29) is 0 Å². The zero-order valence-electron chi connectivity index (χ0n) is 8.02. The highest BCUT2D eigenvalue weighted by molar-refractivity contribution is 6.34. The van der Waals surface area contributed by atoms with Crippen LogP contribution in [0.5, 0.6) is 11.6 Å². The van der Waals surface area contributed by atoms with E-state index in [2.05, 4.69) is 9.97 Å². The molecule has 1 aromatic heterocycles. The number of rotatable bonds is 2. The minimum Gasteiger partial charge on any atom is -0.436 e. The standard InChI is InChI=1S/C10H7Cl2N3O/c11-8-4-15-9(5-14-8)16-7-3-1-2-6(13)10(7)12/h1-5H,13H2. The first-order chi connectivity index (χ1) is 7.66. The largest absolute Gasteiger partial charge is 0.436 e. The summed E-state index contributed by atoms with van der Waals surface area (Å²) in [6.07, 6.45) is 2.79. The molecule has 0 fully saturated rings. The number of nitrogen functional groups attached to an aromatic ring is 1. The van der Waals surface area contributed by atoms with E-state index in [1.165, 1.54) is 12.4 Å². The topological polar surface area (TPSA) is 61.0 Å². The summed E-state index contributed by atoms with van der Waals surface area (Å²) in [5.74, 6) is 0.732. The Labute approximate surface area is 102 Å². The van der Waals surface area contributed by atoms with Crippen molar-refractivity contribution in [3.63, 3.8) is 0 Å². The minimum absolute atomic E-state index is 0.297. The van der Waals surface area contributed by atoms with Gasteiger partial charge in [0.2, 0.25) is 5.88 Å². The second-order valence-corrected chi connectivity index (χ2v) is 3.70. The van der Waals surface area contributed by atoms with Crippen molar-refractivity contribution in [2.75, 3.05) is 5.73 Å². The van der Waals surface area contributed by atoms with Crippen LogP contribution in [0.15, 0.2) is 30.6 Å². The predicted molar refractivity (Wildman–Crippen MR) is 63.0 cm³/mol. The third-order valence-electron chi connectivity index (χ3n) is 1.80. The Morgan fingerprint density at radius 2 is 1.94 bits per heavy atom. The van der Waals surface area contributed by atoms with Crippen molar-refractivity contribution in [1.82, 2.24) is 9.97 Å². The molecule has 0 aliphatic rings. The van der Waals surface area contributed by atoms with Crippen LogP contribution >= 0.6 is 23.2 Å². The molecule has 2 aromatic rings. The van der Waals surface area contributed by atoms with Crippen LogP contribution in [0, 0.1) is 0 Å². The van der Waals surface area contributed by atoms with Gasteiger partial charge in [0.25, 0.3) is 0 Å². The molecular formula is C10H7Cl2N3O. The van der Waals surface area contributed by atoms with Gasteiger partial charge in [-0.15, -0.1) is 0 Å². The van der Waals surface area contributed by atoms with Crippen LogP contribution in [0.25, 0.3) is 0 Å². The molecule has 2 rings (SSSR count). The van der Waals surface area contributed by atoms with Gasteiger partial charge in [0.15, 0.2) is 0 Å². The van der Waals surface area contributed by atoms with Gasteiger partial charge in [0.1, 0.15) is 15.9 Å². The number of hydrogen-bond acceptors (Lipinski definition) is 4. The first kappa shape index (κ1) is 11.0. The fourth-order valence-electron chi connectivity index (χ4n) is 1.07. The zero-order valence-corrected chi connectivity index (χ0v) is 9.53. The molecule has 6 heteroatoms. The molecule has 0 amide bonds. The van der Waals surface area contributed by atoms with Gasteiger partial charge < -0.3 is 10.5 Å². The molecule has 0 saturated carbocycles. The molecule has 0 saturated heterocycles. The van der Waals surface area contributed by atoms with Crippen molar-refractivity contribution >= 4 is 28.9 Å². The zero-order chi connectivity index (χ0) is 11.5. The second kappa shape index (κ2) is 4.55. The molecule has 1 aromatic carbocycles. The van der Waals surface area contributed by atoms with Gasteiger partial charge in [-0.2, -0.15) is 0 Å². The fourth-order valence-corrected chi connectivity index (χ4v) is 1.33.